The van der Waals surface area contributed by atoms with Gasteiger partial charge in [-0.2, -0.15) is 4.98 Å². The molecule has 1 aromatic carbocycles. The molecular formula is C23H23ClFN7O4S. The Morgan fingerprint density at radius 3 is 2.62 bits per heavy atom. The number of pyridine rings is 2. The van der Waals surface area contributed by atoms with Gasteiger partial charge in [-0.3, -0.25) is 4.72 Å². The van der Waals surface area contributed by atoms with E-state index in [1.54, 1.807) is 26.4 Å². The van der Waals surface area contributed by atoms with E-state index in [2.05, 4.69) is 35.3 Å². The van der Waals surface area contributed by atoms with Gasteiger partial charge in [0.15, 0.2) is 16.4 Å². The van der Waals surface area contributed by atoms with Gasteiger partial charge in [0, 0.05) is 49.6 Å². The first-order valence-electron chi connectivity index (χ1n) is 10.9. The molecule has 0 aliphatic rings. The summed E-state index contributed by atoms with van der Waals surface area (Å²) in [7, 11) is 0.204. The van der Waals surface area contributed by atoms with Gasteiger partial charge in [-0.05, 0) is 18.2 Å². The second-order valence-corrected chi connectivity index (χ2v) is 9.68. The molecule has 3 aromatic heterocycles. The summed E-state index contributed by atoms with van der Waals surface area (Å²) in [4.78, 5) is 16.6. The quantitative estimate of drug-likeness (QED) is 0.251. The highest BCUT2D eigenvalue weighted by Crippen LogP contribution is 2.35. The zero-order chi connectivity index (χ0) is 26.6. The molecule has 0 aliphatic carbocycles. The van der Waals surface area contributed by atoms with Gasteiger partial charge in [-0.1, -0.05) is 23.7 Å². The standard InChI is InChI=1S/C23H23ClFN7O4S/c1-26-23-29-11-13-9-16(21(27-7-8-35-2)30-20(13)31-23)15-5-4-6-17(19(15)25)32-37(33,34)18-10-14(24)12-28-22(18)36-3/h4-6,9-12,32H,7-8H2,1-3H3,(H2,26,27,29,30,31). The topological polar surface area (TPSA) is 140 Å². The summed E-state index contributed by atoms with van der Waals surface area (Å²) in [6.45, 7) is 0.768. The molecule has 37 heavy (non-hydrogen) atoms. The summed E-state index contributed by atoms with van der Waals surface area (Å²) < 4.78 is 54.4. The number of methoxy groups -OCH3 is 2. The normalized spacial score (nSPS) is 11.4. The number of nitrogens with zero attached hydrogens (tertiary/aromatic N) is 4. The maximum absolute atomic E-state index is 15.8. The van der Waals surface area contributed by atoms with Crippen molar-refractivity contribution in [1.82, 2.24) is 19.9 Å². The van der Waals surface area contributed by atoms with Crippen LogP contribution in [-0.4, -0.2) is 62.8 Å². The van der Waals surface area contributed by atoms with Gasteiger partial charge >= 0.3 is 0 Å². The lowest BCUT2D eigenvalue weighted by atomic mass is 10.0. The number of ether oxygens (including phenoxy) is 2. The van der Waals surface area contributed by atoms with Crippen molar-refractivity contribution in [3.8, 4) is 17.0 Å². The van der Waals surface area contributed by atoms with E-state index in [0.29, 0.717) is 41.5 Å². The van der Waals surface area contributed by atoms with E-state index in [9.17, 15) is 8.42 Å². The molecule has 0 unspecified atom stereocenters. The van der Waals surface area contributed by atoms with E-state index in [0.717, 1.165) is 0 Å². The number of rotatable bonds is 10. The van der Waals surface area contributed by atoms with Crippen LogP contribution in [0.2, 0.25) is 5.02 Å². The molecule has 0 spiro atoms. The van der Waals surface area contributed by atoms with E-state index in [1.165, 1.54) is 37.6 Å². The number of nitrogens with one attached hydrogen (secondary N) is 3. The fraction of sp³-hybridized carbons (Fsp3) is 0.217. The van der Waals surface area contributed by atoms with Crippen LogP contribution in [-0.2, 0) is 14.8 Å². The number of halogens is 2. The summed E-state index contributed by atoms with van der Waals surface area (Å²) in [6.07, 6.45) is 2.81. The minimum atomic E-state index is -4.31. The average molecular weight is 548 g/mol. The molecule has 0 saturated carbocycles. The highest BCUT2D eigenvalue weighted by molar-refractivity contribution is 7.92. The van der Waals surface area contributed by atoms with Crippen molar-refractivity contribution in [3.05, 3.63) is 53.6 Å². The zero-order valence-corrected chi connectivity index (χ0v) is 21.6. The van der Waals surface area contributed by atoms with Gasteiger partial charge in [0.1, 0.15) is 5.82 Å². The number of aromatic nitrogens is 4. The van der Waals surface area contributed by atoms with Crippen LogP contribution in [0, 0.1) is 5.82 Å². The Hall–Kier alpha value is -3.81. The number of benzene rings is 1. The summed E-state index contributed by atoms with van der Waals surface area (Å²) in [6, 6.07) is 7.18. The van der Waals surface area contributed by atoms with Gasteiger partial charge in [-0.25, -0.2) is 27.8 Å². The van der Waals surface area contributed by atoms with E-state index < -0.39 is 15.8 Å². The lowest BCUT2D eigenvalue weighted by molar-refractivity contribution is 0.210. The summed E-state index contributed by atoms with van der Waals surface area (Å²) in [5.41, 5.74) is 0.582. The Kier molecular flexibility index (Phi) is 7.86. The zero-order valence-electron chi connectivity index (χ0n) is 20.0. The molecule has 4 rings (SSSR count). The van der Waals surface area contributed by atoms with Crippen molar-refractivity contribution in [1.29, 1.82) is 0 Å². The van der Waals surface area contributed by atoms with Crippen molar-refractivity contribution in [3.63, 3.8) is 0 Å². The molecule has 3 N–H and O–H groups in total. The van der Waals surface area contributed by atoms with Gasteiger partial charge in [0.05, 0.1) is 24.4 Å². The molecular weight excluding hydrogens is 525 g/mol. The Morgan fingerprint density at radius 2 is 1.89 bits per heavy atom. The number of sulfonamides is 1. The Bertz CT molecular complexity index is 1560. The van der Waals surface area contributed by atoms with Gasteiger partial charge < -0.3 is 20.1 Å². The third-order valence-corrected chi connectivity index (χ3v) is 6.76. The molecule has 0 amide bonds. The van der Waals surface area contributed by atoms with Crippen molar-refractivity contribution < 1.29 is 22.3 Å². The van der Waals surface area contributed by atoms with Crippen LogP contribution in [0.3, 0.4) is 0 Å². The first kappa shape index (κ1) is 26.3. The molecule has 194 valence electrons. The monoisotopic (exact) mass is 547 g/mol. The number of fused-ring (bicyclic) bond motifs is 1. The molecule has 4 aromatic rings. The van der Waals surface area contributed by atoms with Crippen LogP contribution in [0.5, 0.6) is 5.88 Å². The predicted octanol–water partition coefficient (Wildman–Crippen LogP) is 3.79. The molecule has 0 saturated heterocycles. The van der Waals surface area contributed by atoms with Crippen LogP contribution < -0.4 is 20.1 Å². The predicted molar refractivity (Wildman–Crippen MR) is 139 cm³/mol. The van der Waals surface area contributed by atoms with E-state index >= 15 is 4.39 Å². The molecule has 0 aliphatic heterocycles. The number of hydrogen-bond acceptors (Lipinski definition) is 10. The first-order valence-corrected chi connectivity index (χ1v) is 12.7. The van der Waals surface area contributed by atoms with Crippen LogP contribution in [0.1, 0.15) is 0 Å². The minimum absolute atomic E-state index is 0.0769. The lowest BCUT2D eigenvalue weighted by Crippen LogP contribution is -2.16. The summed E-state index contributed by atoms with van der Waals surface area (Å²) in [5, 5.41) is 6.61. The number of anilines is 3. The maximum atomic E-state index is 15.8. The molecule has 11 nitrogen and oxygen atoms in total. The minimum Gasteiger partial charge on any atom is -0.480 e. The maximum Gasteiger partial charge on any atom is 0.267 e. The van der Waals surface area contributed by atoms with Gasteiger partial charge in [0.25, 0.3) is 10.0 Å². The highest BCUT2D eigenvalue weighted by Gasteiger charge is 2.24. The number of hydrogen-bond donors (Lipinski definition) is 3. The van der Waals surface area contributed by atoms with Crippen LogP contribution in [0.15, 0.2) is 47.6 Å². The highest BCUT2D eigenvalue weighted by atomic mass is 35.5. The molecule has 0 bridgehead atoms. The van der Waals surface area contributed by atoms with Crippen molar-refractivity contribution in [2.45, 2.75) is 4.90 Å². The van der Waals surface area contributed by atoms with Crippen molar-refractivity contribution in [2.75, 3.05) is 49.8 Å². The van der Waals surface area contributed by atoms with Crippen LogP contribution >= 0.6 is 11.6 Å². The Morgan fingerprint density at radius 1 is 1.08 bits per heavy atom. The third kappa shape index (κ3) is 5.63. The van der Waals surface area contributed by atoms with E-state index in [1.807, 2.05) is 0 Å². The summed E-state index contributed by atoms with van der Waals surface area (Å²) in [5.74, 6) is -0.282. The molecule has 3 heterocycles. The van der Waals surface area contributed by atoms with E-state index in [-0.39, 0.29) is 27.0 Å². The van der Waals surface area contributed by atoms with Crippen LogP contribution in [0.25, 0.3) is 22.2 Å². The lowest BCUT2D eigenvalue weighted by Gasteiger charge is -2.16. The fourth-order valence-corrected chi connectivity index (χ4v) is 4.90. The molecule has 14 heteroatoms. The first-order chi connectivity index (χ1) is 17.8. The second kappa shape index (κ2) is 11.1. The largest absolute Gasteiger partial charge is 0.480 e. The molecule has 0 fully saturated rings. The fourth-order valence-electron chi connectivity index (χ4n) is 3.47. The second-order valence-electron chi connectivity index (χ2n) is 7.59. The van der Waals surface area contributed by atoms with Crippen molar-refractivity contribution >= 4 is 50.1 Å². The van der Waals surface area contributed by atoms with Crippen molar-refractivity contribution in [2.24, 2.45) is 0 Å². The third-order valence-electron chi connectivity index (χ3n) is 5.19. The van der Waals surface area contributed by atoms with Crippen LogP contribution in [0.4, 0.5) is 21.8 Å². The Balaban J connectivity index is 1.80. The Labute approximate surface area is 217 Å². The van der Waals surface area contributed by atoms with Gasteiger partial charge in [0.2, 0.25) is 11.8 Å². The summed E-state index contributed by atoms with van der Waals surface area (Å²) >= 11 is 5.93. The average Bonchev–Trinajstić information content (AvgIpc) is 2.89. The molecule has 0 radical (unpaired) electrons. The van der Waals surface area contributed by atoms with E-state index in [4.69, 9.17) is 21.1 Å². The molecule has 0 atom stereocenters. The SMILES string of the molecule is CNc1ncc2cc(-c3cccc(NS(=O)(=O)c4cc(Cl)cnc4OC)c3F)c(NCCOC)nc2n1. The van der Waals surface area contributed by atoms with Gasteiger partial charge in [-0.15, -0.1) is 0 Å². The smallest absolute Gasteiger partial charge is 0.267 e.